The van der Waals surface area contributed by atoms with Crippen LogP contribution in [0.5, 0.6) is 0 Å². The summed E-state index contributed by atoms with van der Waals surface area (Å²) in [6.07, 6.45) is 2.06. The van der Waals surface area contributed by atoms with Crippen molar-refractivity contribution < 1.29 is 9.59 Å². The molecule has 1 atom stereocenters. The van der Waals surface area contributed by atoms with Crippen LogP contribution in [0.4, 0.5) is 10.7 Å². The fourth-order valence-corrected chi connectivity index (χ4v) is 3.73. The molecule has 3 rings (SSSR count). The molecule has 120 valence electrons. The van der Waals surface area contributed by atoms with Crippen LogP contribution in [0.15, 0.2) is 35.7 Å². The number of primary amides is 1. The summed E-state index contributed by atoms with van der Waals surface area (Å²) in [5.74, 6) is -0.670. The Hall–Kier alpha value is -2.34. The van der Waals surface area contributed by atoms with Crippen molar-refractivity contribution >= 4 is 33.8 Å². The second-order valence-electron chi connectivity index (χ2n) is 5.72. The molecule has 1 unspecified atom stereocenters. The predicted octanol–water partition coefficient (Wildman–Crippen LogP) is 2.63. The summed E-state index contributed by atoms with van der Waals surface area (Å²) in [5.41, 5.74) is 8.05. The van der Waals surface area contributed by atoms with E-state index in [0.717, 1.165) is 18.5 Å². The molecule has 0 bridgehead atoms. The van der Waals surface area contributed by atoms with E-state index < -0.39 is 5.91 Å². The molecule has 1 aliphatic rings. The molecule has 2 heterocycles. The minimum Gasteiger partial charge on any atom is -0.366 e. The molecular formula is C17H19N3O2S. The topological polar surface area (TPSA) is 75.4 Å². The van der Waals surface area contributed by atoms with Gasteiger partial charge >= 0.3 is 0 Å². The number of fused-ring (bicyclic) bond motifs is 1. The van der Waals surface area contributed by atoms with Gasteiger partial charge in [-0.05, 0) is 42.8 Å². The summed E-state index contributed by atoms with van der Waals surface area (Å²) >= 11 is 1.30. The van der Waals surface area contributed by atoms with Crippen LogP contribution in [0.25, 0.3) is 0 Å². The van der Waals surface area contributed by atoms with Crippen molar-refractivity contribution in [3.63, 3.8) is 0 Å². The predicted molar refractivity (Wildman–Crippen MR) is 93.0 cm³/mol. The number of thiophene rings is 1. The lowest BCUT2D eigenvalue weighted by Crippen LogP contribution is -2.42. The fourth-order valence-electron chi connectivity index (χ4n) is 2.92. The quantitative estimate of drug-likeness (QED) is 0.905. The zero-order chi connectivity index (χ0) is 16.4. The Bertz CT molecular complexity index is 741. The van der Waals surface area contributed by atoms with Crippen molar-refractivity contribution in [2.24, 2.45) is 5.73 Å². The molecule has 2 amide bonds. The molecule has 3 N–H and O–H groups in total. The normalized spacial score (nSPS) is 16.7. The monoisotopic (exact) mass is 329 g/mol. The number of carbonyl (C=O) groups excluding carboxylic acids is 2. The van der Waals surface area contributed by atoms with Crippen LogP contribution in [-0.2, 0) is 11.2 Å². The van der Waals surface area contributed by atoms with E-state index in [2.05, 4.69) is 29.3 Å². The molecule has 0 spiro atoms. The van der Waals surface area contributed by atoms with E-state index in [4.69, 9.17) is 5.73 Å². The van der Waals surface area contributed by atoms with E-state index >= 15 is 0 Å². The van der Waals surface area contributed by atoms with Gasteiger partial charge in [0, 0.05) is 11.7 Å². The lowest BCUT2D eigenvalue weighted by atomic mass is 9.97. The van der Waals surface area contributed by atoms with Crippen LogP contribution < -0.4 is 16.0 Å². The van der Waals surface area contributed by atoms with Gasteiger partial charge in [0.25, 0.3) is 5.91 Å². The van der Waals surface area contributed by atoms with E-state index in [-0.39, 0.29) is 12.5 Å². The van der Waals surface area contributed by atoms with Crippen molar-refractivity contribution in [3.8, 4) is 0 Å². The largest absolute Gasteiger partial charge is 0.366 e. The number of carbonyl (C=O) groups is 2. The molecule has 0 radical (unpaired) electrons. The van der Waals surface area contributed by atoms with Crippen LogP contribution in [0.3, 0.4) is 0 Å². The molecule has 0 aliphatic carbocycles. The number of nitrogens with one attached hydrogen (secondary N) is 1. The first-order valence-electron chi connectivity index (χ1n) is 7.58. The summed E-state index contributed by atoms with van der Waals surface area (Å²) in [6.45, 7) is 2.39. The van der Waals surface area contributed by atoms with Crippen LogP contribution in [0.2, 0.25) is 0 Å². The highest BCUT2D eigenvalue weighted by molar-refractivity contribution is 7.14. The molecule has 6 heteroatoms. The third kappa shape index (κ3) is 3.22. The first-order valence-corrected chi connectivity index (χ1v) is 8.46. The molecule has 2 aromatic rings. The molecule has 5 nitrogen and oxygen atoms in total. The van der Waals surface area contributed by atoms with Gasteiger partial charge in [-0.1, -0.05) is 18.2 Å². The maximum Gasteiger partial charge on any atom is 0.251 e. The Balaban J connectivity index is 1.75. The number of aryl methyl sites for hydroxylation is 1. The van der Waals surface area contributed by atoms with Crippen molar-refractivity contribution in [2.45, 2.75) is 25.8 Å². The zero-order valence-electron chi connectivity index (χ0n) is 12.9. The number of nitrogens with zero attached hydrogens (tertiary/aromatic N) is 1. The summed E-state index contributed by atoms with van der Waals surface area (Å²) in [7, 11) is 0. The molecule has 23 heavy (non-hydrogen) atoms. The number of para-hydroxylation sites is 1. The average Bonchev–Trinajstić information content (AvgIpc) is 2.98. The highest BCUT2D eigenvalue weighted by Crippen LogP contribution is 2.30. The summed E-state index contributed by atoms with van der Waals surface area (Å²) < 4.78 is 0. The number of hydrogen-bond donors (Lipinski definition) is 2. The van der Waals surface area contributed by atoms with Gasteiger partial charge in [0.15, 0.2) is 0 Å². The number of amides is 2. The first kappa shape index (κ1) is 15.6. The molecule has 0 saturated heterocycles. The Labute approximate surface area is 139 Å². The van der Waals surface area contributed by atoms with Gasteiger partial charge in [0.2, 0.25) is 5.91 Å². The Morgan fingerprint density at radius 2 is 2.13 bits per heavy atom. The van der Waals surface area contributed by atoms with Gasteiger partial charge in [-0.3, -0.25) is 9.59 Å². The molecule has 1 aromatic heterocycles. The number of rotatable bonds is 4. The lowest BCUT2D eigenvalue weighted by Gasteiger charge is -2.36. The number of benzene rings is 1. The molecule has 0 fully saturated rings. The lowest BCUT2D eigenvalue weighted by molar-refractivity contribution is -0.115. The maximum absolute atomic E-state index is 12.4. The van der Waals surface area contributed by atoms with E-state index in [0.29, 0.717) is 16.6 Å². The molecular weight excluding hydrogens is 310 g/mol. The minimum atomic E-state index is -0.529. The SMILES string of the molecule is CC1CCc2ccccc2N1CC(=O)Nc1sccc1C(N)=O. The van der Waals surface area contributed by atoms with Gasteiger partial charge in [-0.25, -0.2) is 0 Å². The number of nitrogens with two attached hydrogens (primary N) is 1. The Morgan fingerprint density at radius 1 is 1.35 bits per heavy atom. The Kier molecular flexibility index (Phi) is 4.34. The van der Waals surface area contributed by atoms with Crippen molar-refractivity contribution in [3.05, 3.63) is 46.8 Å². The smallest absolute Gasteiger partial charge is 0.251 e. The van der Waals surface area contributed by atoms with Crippen molar-refractivity contribution in [1.82, 2.24) is 0 Å². The Morgan fingerprint density at radius 3 is 2.91 bits per heavy atom. The first-order chi connectivity index (χ1) is 11.1. The van der Waals surface area contributed by atoms with E-state index in [9.17, 15) is 9.59 Å². The van der Waals surface area contributed by atoms with E-state index in [1.165, 1.54) is 16.9 Å². The summed E-state index contributed by atoms with van der Waals surface area (Å²) in [5, 5.41) is 5.07. The molecule has 0 saturated carbocycles. The fraction of sp³-hybridized carbons (Fsp3) is 0.294. The second-order valence-corrected chi connectivity index (χ2v) is 6.64. The van der Waals surface area contributed by atoms with Gasteiger partial charge in [0.1, 0.15) is 5.00 Å². The van der Waals surface area contributed by atoms with Crippen LogP contribution in [-0.4, -0.2) is 24.4 Å². The average molecular weight is 329 g/mol. The van der Waals surface area contributed by atoms with Gasteiger partial charge in [-0.15, -0.1) is 11.3 Å². The maximum atomic E-state index is 12.4. The zero-order valence-corrected chi connectivity index (χ0v) is 13.7. The minimum absolute atomic E-state index is 0.140. The van der Waals surface area contributed by atoms with Crippen LogP contribution in [0, 0.1) is 0 Å². The van der Waals surface area contributed by atoms with Gasteiger partial charge < -0.3 is 16.0 Å². The van der Waals surface area contributed by atoms with Crippen LogP contribution in [0.1, 0.15) is 29.3 Å². The highest BCUT2D eigenvalue weighted by Gasteiger charge is 2.25. The highest BCUT2D eigenvalue weighted by atomic mass is 32.1. The molecule has 1 aromatic carbocycles. The third-order valence-corrected chi connectivity index (χ3v) is 4.99. The van der Waals surface area contributed by atoms with Gasteiger partial charge in [-0.2, -0.15) is 0 Å². The molecule has 1 aliphatic heterocycles. The van der Waals surface area contributed by atoms with Crippen LogP contribution >= 0.6 is 11.3 Å². The van der Waals surface area contributed by atoms with Gasteiger partial charge in [0.05, 0.1) is 12.1 Å². The van der Waals surface area contributed by atoms with Crippen molar-refractivity contribution in [2.75, 3.05) is 16.8 Å². The number of hydrogen-bond acceptors (Lipinski definition) is 4. The van der Waals surface area contributed by atoms with E-state index in [1.807, 2.05) is 12.1 Å². The standard InChI is InChI=1S/C17H19N3O2S/c1-11-6-7-12-4-2-3-5-14(12)20(11)10-15(21)19-17-13(16(18)22)8-9-23-17/h2-5,8-9,11H,6-7,10H2,1H3,(H2,18,22)(H,19,21). The third-order valence-electron chi connectivity index (χ3n) is 4.16. The summed E-state index contributed by atoms with van der Waals surface area (Å²) in [4.78, 5) is 25.9. The number of anilines is 2. The summed E-state index contributed by atoms with van der Waals surface area (Å²) in [6, 6.07) is 10.1. The van der Waals surface area contributed by atoms with Crippen molar-refractivity contribution in [1.29, 1.82) is 0 Å². The second kappa shape index (κ2) is 6.42. The van der Waals surface area contributed by atoms with E-state index in [1.54, 1.807) is 11.4 Å².